The van der Waals surface area contributed by atoms with Crippen LogP contribution in [0.15, 0.2) is 47.5 Å². The molecule has 7 heteroatoms. The van der Waals surface area contributed by atoms with E-state index in [9.17, 15) is 9.59 Å². The molecule has 2 aliphatic rings. The number of rotatable bonds is 5. The zero-order valence-electron chi connectivity index (χ0n) is 14.4. The molecular weight excluding hydrogens is 320 g/mol. The first kappa shape index (κ1) is 16.8. The van der Waals surface area contributed by atoms with E-state index in [2.05, 4.69) is 15.5 Å². The zero-order valence-corrected chi connectivity index (χ0v) is 14.4. The number of ether oxygens (including phenoxy) is 1. The normalized spacial score (nSPS) is 11.5. The third-order valence-electron chi connectivity index (χ3n) is 3.85. The van der Waals surface area contributed by atoms with Gasteiger partial charge in [-0.05, 0) is 26.0 Å². The number of nitrogens with zero attached hydrogens (tertiary/aromatic N) is 2. The Hall–Kier alpha value is -3.09. The largest absolute Gasteiger partial charge is 0.465 e. The molecule has 2 aliphatic heterocycles. The number of aromatic amines is 1. The van der Waals surface area contributed by atoms with E-state index in [4.69, 9.17) is 4.74 Å². The molecule has 1 aromatic rings. The van der Waals surface area contributed by atoms with Crippen LogP contribution in [-0.2, 0) is 11.3 Å². The number of esters is 1. The Morgan fingerprint density at radius 2 is 2.00 bits per heavy atom. The predicted octanol–water partition coefficient (Wildman–Crippen LogP) is 2.35. The minimum Gasteiger partial charge on any atom is -0.465 e. The number of aromatic nitrogens is 3. The summed E-state index contributed by atoms with van der Waals surface area (Å²) in [6.45, 7) is 4.62. The van der Waals surface area contributed by atoms with E-state index in [1.165, 1.54) is 7.11 Å². The van der Waals surface area contributed by atoms with Crippen LogP contribution in [0.25, 0.3) is 11.3 Å². The lowest BCUT2D eigenvalue weighted by Crippen LogP contribution is -2.36. The molecule has 0 aromatic heterocycles. The highest BCUT2D eigenvalue weighted by atomic mass is 16.5. The van der Waals surface area contributed by atoms with E-state index >= 15 is 0 Å². The third kappa shape index (κ3) is 3.55. The van der Waals surface area contributed by atoms with Gasteiger partial charge in [-0.1, -0.05) is 18.2 Å². The highest BCUT2D eigenvalue weighted by molar-refractivity contribution is 5.95. The quantitative estimate of drug-likeness (QED) is 0.696. The van der Waals surface area contributed by atoms with Crippen molar-refractivity contribution >= 4 is 11.7 Å². The third-order valence-corrected chi connectivity index (χ3v) is 3.85. The number of methoxy groups -OCH3 is 1. The summed E-state index contributed by atoms with van der Waals surface area (Å²) < 4.78 is 6.62. The van der Waals surface area contributed by atoms with Gasteiger partial charge in [0.2, 0.25) is 0 Å². The van der Waals surface area contributed by atoms with Crippen molar-refractivity contribution in [3.63, 3.8) is 0 Å². The minimum absolute atomic E-state index is 0.258. The van der Waals surface area contributed by atoms with Gasteiger partial charge < -0.3 is 14.6 Å². The van der Waals surface area contributed by atoms with Gasteiger partial charge in [-0.25, -0.2) is 9.89 Å². The van der Waals surface area contributed by atoms with Gasteiger partial charge in [-0.2, -0.15) is 5.10 Å². The number of para-hydroxylation sites is 1. The van der Waals surface area contributed by atoms with Gasteiger partial charge in [0.15, 0.2) is 0 Å². The maximum Gasteiger partial charge on any atom is 0.341 e. The van der Waals surface area contributed by atoms with E-state index in [0.717, 1.165) is 5.69 Å². The number of carbonyl (C=O) groups is 1. The summed E-state index contributed by atoms with van der Waals surface area (Å²) in [4.78, 5) is 24.0. The molecule has 0 fully saturated rings. The second-order valence-corrected chi connectivity index (χ2v) is 6.53. The molecule has 0 amide bonds. The van der Waals surface area contributed by atoms with Crippen LogP contribution in [0.3, 0.4) is 0 Å². The van der Waals surface area contributed by atoms with Gasteiger partial charge in [0.05, 0.1) is 12.7 Å². The van der Waals surface area contributed by atoms with Crippen molar-refractivity contribution < 1.29 is 9.53 Å². The monoisotopic (exact) mass is 340 g/mol. The molecule has 0 atom stereocenters. The lowest BCUT2D eigenvalue weighted by molar-refractivity contribution is 0.0600. The van der Waals surface area contributed by atoms with Crippen molar-refractivity contribution in [3.8, 4) is 11.3 Å². The van der Waals surface area contributed by atoms with Gasteiger partial charge in [0.1, 0.15) is 11.3 Å². The van der Waals surface area contributed by atoms with Gasteiger partial charge >= 0.3 is 5.97 Å². The second kappa shape index (κ2) is 6.43. The number of benzene rings is 1. The van der Waals surface area contributed by atoms with E-state index in [1.54, 1.807) is 17.0 Å². The van der Waals surface area contributed by atoms with E-state index in [0.29, 0.717) is 17.8 Å². The number of hydrogen-bond acceptors (Lipinski definition) is 5. The van der Waals surface area contributed by atoms with Crippen LogP contribution < -0.4 is 10.9 Å². The van der Waals surface area contributed by atoms with Crippen molar-refractivity contribution in [2.24, 2.45) is 0 Å². The van der Waals surface area contributed by atoms with Crippen LogP contribution in [0.5, 0.6) is 0 Å². The molecule has 25 heavy (non-hydrogen) atoms. The van der Waals surface area contributed by atoms with Crippen molar-refractivity contribution in [2.45, 2.75) is 25.9 Å². The fourth-order valence-electron chi connectivity index (χ4n) is 2.85. The number of carbonyl (C=O) groups excluding carboxylic acids is 1. The summed E-state index contributed by atoms with van der Waals surface area (Å²) in [5.74, 6) is -0.528. The topological polar surface area (TPSA) is 89.0 Å². The smallest absolute Gasteiger partial charge is 0.341 e. The molecule has 130 valence electrons. The highest BCUT2D eigenvalue weighted by Gasteiger charge is 2.24. The molecule has 0 spiro atoms. The molecule has 7 nitrogen and oxygen atoms in total. The first-order valence-corrected chi connectivity index (χ1v) is 7.89. The Kier molecular flexibility index (Phi) is 4.31. The average Bonchev–Trinajstić information content (AvgIpc) is 2.95. The van der Waals surface area contributed by atoms with Crippen molar-refractivity contribution in [2.75, 3.05) is 12.4 Å². The molecule has 0 saturated heterocycles. The van der Waals surface area contributed by atoms with Crippen LogP contribution in [0, 0.1) is 0 Å². The fourth-order valence-corrected chi connectivity index (χ4v) is 2.85. The van der Waals surface area contributed by atoms with Gasteiger partial charge in [0.25, 0.3) is 5.56 Å². The molecule has 0 aliphatic carbocycles. The maximum atomic E-state index is 12.0. The molecule has 0 radical (unpaired) electrons. The standard InChI is InChI=1S/C18H20N4O3/c1-18(2,19-12-7-5-4-6-8-12)11-22-9-13-15(20-21-16(13)23)14(10-22)17(24)25-3/h4-10,19H,11H2,1-3H3,(H,21,23). The van der Waals surface area contributed by atoms with Crippen molar-refractivity contribution in [3.05, 3.63) is 58.6 Å². The van der Waals surface area contributed by atoms with Crippen molar-refractivity contribution in [1.29, 1.82) is 0 Å². The highest BCUT2D eigenvalue weighted by Crippen LogP contribution is 2.23. The Bertz CT molecular complexity index is 912. The fraction of sp³-hybridized carbons (Fsp3) is 0.278. The van der Waals surface area contributed by atoms with Crippen molar-refractivity contribution in [1.82, 2.24) is 14.8 Å². The summed E-state index contributed by atoms with van der Waals surface area (Å²) in [5.41, 5.74) is 1.28. The Morgan fingerprint density at radius 3 is 2.68 bits per heavy atom. The summed E-state index contributed by atoms with van der Waals surface area (Å²) in [7, 11) is 1.30. The molecule has 0 bridgehead atoms. The number of fused-ring (bicyclic) bond motifs is 1. The van der Waals surface area contributed by atoms with E-state index < -0.39 is 5.97 Å². The van der Waals surface area contributed by atoms with E-state index in [-0.39, 0.29) is 16.7 Å². The molecule has 1 aromatic carbocycles. The SMILES string of the molecule is COC(=O)c1cn(CC(C)(C)Nc2ccccc2)cc2c(=O)[nH]nc1-2. The Labute approximate surface area is 145 Å². The number of hydrogen-bond donors (Lipinski definition) is 2. The second-order valence-electron chi connectivity index (χ2n) is 6.53. The average molecular weight is 340 g/mol. The molecule has 2 heterocycles. The first-order valence-electron chi connectivity index (χ1n) is 7.89. The number of H-pyrrole nitrogens is 1. The number of nitrogens with one attached hydrogen (secondary N) is 2. The summed E-state index contributed by atoms with van der Waals surface area (Å²) in [6.07, 6.45) is 3.35. The molecule has 3 rings (SSSR count). The molecule has 0 saturated carbocycles. The summed E-state index contributed by atoms with van der Waals surface area (Å²) in [5, 5.41) is 9.76. The van der Waals surface area contributed by atoms with Gasteiger partial charge in [0, 0.05) is 30.2 Å². The summed E-state index contributed by atoms with van der Waals surface area (Å²) in [6, 6.07) is 9.85. The zero-order chi connectivity index (χ0) is 18.0. The number of pyridine rings is 1. The van der Waals surface area contributed by atoms with Crippen LogP contribution >= 0.6 is 0 Å². The molecule has 2 N–H and O–H groups in total. The van der Waals surface area contributed by atoms with Crippen LogP contribution in [0.2, 0.25) is 0 Å². The maximum absolute atomic E-state index is 12.0. The van der Waals surface area contributed by atoms with Crippen LogP contribution in [0.1, 0.15) is 24.2 Å². The van der Waals surface area contributed by atoms with Crippen LogP contribution in [-0.4, -0.2) is 33.4 Å². The van der Waals surface area contributed by atoms with Crippen LogP contribution in [0.4, 0.5) is 5.69 Å². The Balaban J connectivity index is 1.95. The predicted molar refractivity (Wildman–Crippen MR) is 95.0 cm³/mol. The Morgan fingerprint density at radius 1 is 1.28 bits per heavy atom. The van der Waals surface area contributed by atoms with Gasteiger partial charge in [-0.3, -0.25) is 4.79 Å². The first-order chi connectivity index (χ1) is 11.9. The molecular formula is C18H20N4O3. The lowest BCUT2D eigenvalue weighted by atomic mass is 10.0. The number of anilines is 1. The minimum atomic E-state index is -0.528. The van der Waals surface area contributed by atoms with Gasteiger partial charge in [-0.15, -0.1) is 0 Å². The summed E-state index contributed by atoms with van der Waals surface area (Å²) >= 11 is 0. The van der Waals surface area contributed by atoms with E-state index in [1.807, 2.05) is 44.2 Å². The lowest BCUT2D eigenvalue weighted by Gasteiger charge is -2.29. The molecule has 0 unspecified atom stereocenters.